The van der Waals surface area contributed by atoms with Crippen molar-refractivity contribution in [1.29, 1.82) is 0 Å². The molecule has 2 unspecified atom stereocenters. The second kappa shape index (κ2) is 9.33. The Morgan fingerprint density at radius 1 is 1.14 bits per heavy atom. The van der Waals surface area contributed by atoms with Crippen LogP contribution in [0.25, 0.3) is 11.6 Å². The van der Waals surface area contributed by atoms with Crippen molar-refractivity contribution in [3.63, 3.8) is 0 Å². The van der Waals surface area contributed by atoms with Gasteiger partial charge in [0.25, 0.3) is 0 Å². The van der Waals surface area contributed by atoms with Crippen LogP contribution >= 0.6 is 0 Å². The second-order valence-electron chi connectivity index (χ2n) is 8.78. The fourth-order valence-corrected chi connectivity index (χ4v) is 4.40. The Morgan fingerprint density at radius 3 is 2.56 bits per heavy atom. The van der Waals surface area contributed by atoms with Crippen molar-refractivity contribution in [2.24, 2.45) is 17.8 Å². The lowest BCUT2D eigenvalue weighted by molar-refractivity contribution is -0.145. The predicted octanol–water partition coefficient (Wildman–Crippen LogP) is 2.56. The zero-order valence-electron chi connectivity index (χ0n) is 19.2. The molecule has 1 aromatic carbocycles. The molecule has 190 valence electrons. The molecule has 2 N–H and O–H groups in total. The zero-order chi connectivity index (χ0) is 25.4. The minimum absolute atomic E-state index is 0.00420. The fraction of sp³-hybridized carbons (Fsp3) is 0.455. The summed E-state index contributed by atoms with van der Waals surface area (Å²) in [7, 11) is 1.77. The number of nitrogens with zero attached hydrogens (tertiary/aromatic N) is 7. The molecule has 14 heteroatoms. The highest BCUT2D eigenvalue weighted by molar-refractivity contribution is 5.90. The Labute approximate surface area is 203 Å². The van der Waals surface area contributed by atoms with Gasteiger partial charge in [-0.3, -0.25) is 4.79 Å². The van der Waals surface area contributed by atoms with Crippen molar-refractivity contribution in [3.8, 4) is 11.6 Å². The Hall–Kier alpha value is -3.81. The number of benzene rings is 1. The summed E-state index contributed by atoms with van der Waals surface area (Å²) in [6.07, 6.45) is -5.19. The molecule has 3 aromatic rings. The quantitative estimate of drug-likeness (QED) is 0.456. The third-order valence-corrected chi connectivity index (χ3v) is 6.39. The van der Waals surface area contributed by atoms with Crippen LogP contribution < -0.4 is 10.6 Å². The average molecular weight is 504 g/mol. The van der Waals surface area contributed by atoms with Crippen LogP contribution in [0.2, 0.25) is 0 Å². The van der Waals surface area contributed by atoms with Crippen molar-refractivity contribution in [1.82, 2.24) is 30.0 Å². The Balaban J connectivity index is 1.19. The predicted molar refractivity (Wildman–Crippen MR) is 120 cm³/mol. The summed E-state index contributed by atoms with van der Waals surface area (Å²) in [5.41, 5.74) is 6.69. The lowest BCUT2D eigenvalue weighted by Crippen LogP contribution is -2.32. The smallest absolute Gasteiger partial charge is 0.381 e. The number of anilines is 3. The normalized spacial score (nSPS) is 20.9. The highest BCUT2D eigenvalue weighted by atomic mass is 19.4. The maximum atomic E-state index is 12.8. The minimum atomic E-state index is -4.22. The van der Waals surface area contributed by atoms with Crippen LogP contribution in [0.3, 0.4) is 0 Å². The van der Waals surface area contributed by atoms with Gasteiger partial charge < -0.3 is 24.8 Å². The number of piperidine rings is 1. The number of aromatic nitrogens is 5. The molecular formula is C22H23F3N8O3. The average Bonchev–Trinajstić information content (AvgIpc) is 3.22. The van der Waals surface area contributed by atoms with Gasteiger partial charge in [0.1, 0.15) is 0 Å². The molecule has 1 aliphatic carbocycles. The molecule has 0 spiro atoms. The molecule has 1 aliphatic heterocycles. The first kappa shape index (κ1) is 23.9. The number of nitrogens with two attached hydrogens (primary N) is 1. The van der Waals surface area contributed by atoms with Gasteiger partial charge in [-0.2, -0.15) is 33.1 Å². The first-order valence-corrected chi connectivity index (χ1v) is 11.3. The van der Waals surface area contributed by atoms with E-state index in [0.29, 0.717) is 13.1 Å². The third kappa shape index (κ3) is 5.08. The van der Waals surface area contributed by atoms with Crippen molar-refractivity contribution in [2.45, 2.75) is 12.6 Å². The van der Waals surface area contributed by atoms with E-state index in [2.05, 4.69) is 25.1 Å². The number of rotatable bonds is 8. The molecule has 0 bridgehead atoms. The van der Waals surface area contributed by atoms with Gasteiger partial charge in [-0.05, 0) is 29.9 Å². The van der Waals surface area contributed by atoms with Gasteiger partial charge in [0.2, 0.25) is 23.5 Å². The van der Waals surface area contributed by atoms with E-state index < -0.39 is 18.5 Å². The van der Waals surface area contributed by atoms with Gasteiger partial charge in [-0.25, -0.2) is 0 Å². The molecule has 1 amide bonds. The van der Waals surface area contributed by atoms with E-state index in [0.717, 1.165) is 5.69 Å². The van der Waals surface area contributed by atoms with Gasteiger partial charge in [0.05, 0.1) is 19.6 Å². The van der Waals surface area contributed by atoms with E-state index in [4.69, 9.17) is 15.0 Å². The Bertz CT molecular complexity index is 1230. The number of carbonyl (C=O) groups is 1. The standard InChI is InChI=1S/C22H23F3N8O3/c1-32(12-5-3-2-4-6-12)21-29-16(28-20(26)30-21)17-27-18(36-31-17)19(34)33-9-13-14(10-33)15(13)11-35-8-7-22(23,24)25/h2-6,13-15H,7-11H2,1H3,(H2,26,28,29,30). The number of hydrogen-bond acceptors (Lipinski definition) is 10. The molecule has 36 heavy (non-hydrogen) atoms. The summed E-state index contributed by atoms with van der Waals surface area (Å²) in [4.78, 5) is 32.9. The van der Waals surface area contributed by atoms with Gasteiger partial charge in [0.15, 0.2) is 0 Å². The number of fused-ring (bicyclic) bond motifs is 1. The summed E-state index contributed by atoms with van der Waals surface area (Å²) in [6.45, 7) is 0.828. The van der Waals surface area contributed by atoms with Crippen LogP contribution in [0.4, 0.5) is 30.8 Å². The van der Waals surface area contributed by atoms with Crippen LogP contribution in [0.5, 0.6) is 0 Å². The first-order chi connectivity index (χ1) is 17.2. The summed E-state index contributed by atoms with van der Waals surface area (Å²) in [5, 5.41) is 3.84. The number of alkyl halides is 3. The van der Waals surface area contributed by atoms with Crippen LogP contribution in [-0.2, 0) is 4.74 Å². The van der Waals surface area contributed by atoms with E-state index in [1.165, 1.54) is 0 Å². The molecule has 2 aliphatic rings. The monoisotopic (exact) mass is 504 g/mol. The fourth-order valence-electron chi connectivity index (χ4n) is 4.40. The molecule has 1 saturated carbocycles. The van der Waals surface area contributed by atoms with Crippen LogP contribution in [0, 0.1) is 17.8 Å². The number of likely N-dealkylation sites (tertiary alicyclic amines) is 1. The van der Waals surface area contributed by atoms with Crippen molar-refractivity contribution < 1.29 is 27.2 Å². The molecule has 2 aromatic heterocycles. The number of carbonyl (C=O) groups excluding carboxylic acids is 1. The minimum Gasteiger partial charge on any atom is -0.381 e. The molecule has 5 rings (SSSR count). The second-order valence-corrected chi connectivity index (χ2v) is 8.78. The SMILES string of the molecule is CN(c1ccccc1)c1nc(N)nc(-c2noc(C(=O)N3CC4C(COCCC(F)(F)F)C4C3)n2)n1. The third-order valence-electron chi connectivity index (χ3n) is 6.39. The van der Waals surface area contributed by atoms with Crippen LogP contribution in [-0.4, -0.2) is 75.4 Å². The lowest BCUT2D eigenvalue weighted by Gasteiger charge is -2.17. The van der Waals surface area contributed by atoms with Crippen molar-refractivity contribution in [3.05, 3.63) is 36.2 Å². The summed E-state index contributed by atoms with van der Waals surface area (Å²) < 4.78 is 47.0. The van der Waals surface area contributed by atoms with E-state index in [9.17, 15) is 18.0 Å². The Kier molecular flexibility index (Phi) is 6.20. The number of para-hydroxylation sites is 1. The van der Waals surface area contributed by atoms with Gasteiger partial charge in [0, 0.05) is 25.8 Å². The molecule has 2 fully saturated rings. The van der Waals surface area contributed by atoms with Crippen LogP contribution in [0.1, 0.15) is 17.1 Å². The number of amides is 1. The zero-order valence-corrected chi connectivity index (χ0v) is 19.2. The van der Waals surface area contributed by atoms with E-state index >= 15 is 0 Å². The molecule has 2 atom stereocenters. The molecule has 11 nitrogen and oxygen atoms in total. The maximum Gasteiger partial charge on any atom is 0.391 e. The molecule has 3 heterocycles. The summed E-state index contributed by atoms with van der Waals surface area (Å²) in [5.74, 6) is 0.196. The van der Waals surface area contributed by atoms with Crippen LogP contribution in [0.15, 0.2) is 34.9 Å². The van der Waals surface area contributed by atoms with Crippen molar-refractivity contribution >= 4 is 23.5 Å². The Morgan fingerprint density at radius 2 is 1.86 bits per heavy atom. The van der Waals surface area contributed by atoms with Gasteiger partial charge in [-0.15, -0.1) is 0 Å². The van der Waals surface area contributed by atoms with E-state index in [-0.39, 0.29) is 60.4 Å². The molecular weight excluding hydrogens is 481 g/mol. The topological polar surface area (TPSA) is 136 Å². The summed E-state index contributed by atoms with van der Waals surface area (Å²) >= 11 is 0. The van der Waals surface area contributed by atoms with Gasteiger partial charge in [-0.1, -0.05) is 23.4 Å². The maximum absolute atomic E-state index is 12.8. The van der Waals surface area contributed by atoms with E-state index in [1.807, 2.05) is 30.3 Å². The largest absolute Gasteiger partial charge is 0.391 e. The number of halogens is 3. The number of ether oxygens (including phenoxy) is 1. The van der Waals surface area contributed by atoms with Crippen molar-refractivity contribution in [2.75, 3.05) is 44.0 Å². The highest BCUT2D eigenvalue weighted by Crippen LogP contribution is 2.52. The number of nitrogen functional groups attached to an aromatic ring is 1. The lowest BCUT2D eigenvalue weighted by atomic mass is 10.2. The number of hydrogen-bond donors (Lipinski definition) is 1. The van der Waals surface area contributed by atoms with Gasteiger partial charge >= 0.3 is 18.0 Å². The highest BCUT2D eigenvalue weighted by Gasteiger charge is 2.57. The molecule has 0 radical (unpaired) electrons. The first-order valence-electron chi connectivity index (χ1n) is 11.3. The molecule has 1 saturated heterocycles. The summed E-state index contributed by atoms with van der Waals surface area (Å²) in [6, 6.07) is 9.40. The van der Waals surface area contributed by atoms with E-state index in [1.54, 1.807) is 16.8 Å².